The van der Waals surface area contributed by atoms with E-state index in [1.807, 2.05) is 0 Å². The second kappa shape index (κ2) is 6.23. The van der Waals surface area contributed by atoms with Crippen molar-refractivity contribution in [3.63, 3.8) is 0 Å². The number of aromatic hydroxyl groups is 2. The Morgan fingerprint density at radius 2 is 2.19 bits per heavy atom. The lowest BCUT2D eigenvalue weighted by molar-refractivity contribution is 0.0508. The first-order valence-electron chi connectivity index (χ1n) is 6.28. The maximum atomic E-state index is 11.4. The van der Waals surface area contributed by atoms with E-state index in [0.717, 1.165) is 0 Å². The quantitative estimate of drug-likeness (QED) is 0.547. The molecular weight excluding hydrogens is 278 g/mol. The van der Waals surface area contributed by atoms with Crippen LogP contribution in [0.15, 0.2) is 22.7 Å². The third kappa shape index (κ3) is 3.48. The number of phenolic OH excluding ortho intramolecular Hbond substituents is 2. The minimum Gasteiger partial charge on any atom is -0.504 e. The van der Waals surface area contributed by atoms with Crippen molar-refractivity contribution in [1.29, 1.82) is 0 Å². The first-order chi connectivity index (χ1) is 10.0. The molecule has 0 amide bonds. The Hall–Kier alpha value is -2.61. The van der Waals surface area contributed by atoms with Gasteiger partial charge >= 0.3 is 5.97 Å². The standard InChI is InChI=1S/C13H15N3O5/c1-2-20-13(19)11-15-12(21-16-11)8(14)5-7-3-4-9(17)10(18)6-7/h3-4,6,8,17-18H,2,5,14H2,1H3. The molecule has 0 fully saturated rings. The molecule has 1 unspecified atom stereocenters. The number of carbonyl (C=O) groups is 1. The molecule has 0 aliphatic carbocycles. The van der Waals surface area contributed by atoms with Crippen LogP contribution in [0.3, 0.4) is 0 Å². The maximum Gasteiger partial charge on any atom is 0.379 e. The molecule has 8 heteroatoms. The molecule has 0 aliphatic rings. The summed E-state index contributed by atoms with van der Waals surface area (Å²) >= 11 is 0. The van der Waals surface area contributed by atoms with E-state index in [2.05, 4.69) is 10.1 Å². The zero-order chi connectivity index (χ0) is 15.4. The fourth-order valence-electron chi connectivity index (χ4n) is 1.70. The van der Waals surface area contributed by atoms with Gasteiger partial charge in [-0.15, -0.1) is 0 Å². The minimum absolute atomic E-state index is 0.0885. The van der Waals surface area contributed by atoms with Gasteiger partial charge in [-0.1, -0.05) is 6.07 Å². The van der Waals surface area contributed by atoms with E-state index < -0.39 is 12.0 Å². The zero-order valence-corrected chi connectivity index (χ0v) is 11.3. The van der Waals surface area contributed by atoms with Crippen molar-refractivity contribution in [2.24, 2.45) is 5.73 Å². The summed E-state index contributed by atoms with van der Waals surface area (Å²) in [7, 11) is 0. The van der Waals surface area contributed by atoms with Gasteiger partial charge in [-0.3, -0.25) is 0 Å². The summed E-state index contributed by atoms with van der Waals surface area (Å²) in [6.07, 6.45) is 0.290. The SMILES string of the molecule is CCOC(=O)c1noc(C(N)Cc2ccc(O)c(O)c2)n1. The summed E-state index contributed by atoms with van der Waals surface area (Å²) in [5.74, 6) is -1.23. The summed E-state index contributed by atoms with van der Waals surface area (Å²) in [6.45, 7) is 1.88. The molecule has 2 aromatic rings. The van der Waals surface area contributed by atoms with Gasteiger partial charge in [0.25, 0.3) is 5.82 Å². The van der Waals surface area contributed by atoms with Gasteiger partial charge in [0.15, 0.2) is 11.5 Å². The van der Waals surface area contributed by atoms with Crippen LogP contribution in [0.4, 0.5) is 0 Å². The van der Waals surface area contributed by atoms with E-state index in [9.17, 15) is 15.0 Å². The Morgan fingerprint density at radius 3 is 2.86 bits per heavy atom. The van der Waals surface area contributed by atoms with Crippen LogP contribution in [0.2, 0.25) is 0 Å². The molecular formula is C13H15N3O5. The average molecular weight is 293 g/mol. The fourth-order valence-corrected chi connectivity index (χ4v) is 1.70. The lowest BCUT2D eigenvalue weighted by atomic mass is 10.1. The Balaban J connectivity index is 2.08. The Labute approximate surface area is 120 Å². The second-order valence-corrected chi connectivity index (χ2v) is 4.31. The third-order valence-electron chi connectivity index (χ3n) is 2.71. The number of nitrogens with two attached hydrogens (primary N) is 1. The monoisotopic (exact) mass is 293 g/mol. The van der Waals surface area contributed by atoms with Gasteiger partial charge < -0.3 is 25.2 Å². The van der Waals surface area contributed by atoms with Crippen LogP contribution in [0.25, 0.3) is 0 Å². The Kier molecular flexibility index (Phi) is 4.39. The molecule has 0 spiro atoms. The van der Waals surface area contributed by atoms with Crippen LogP contribution < -0.4 is 5.73 Å². The van der Waals surface area contributed by atoms with Crippen LogP contribution in [0.1, 0.15) is 35.0 Å². The molecule has 0 aliphatic heterocycles. The van der Waals surface area contributed by atoms with Gasteiger partial charge in [0.1, 0.15) is 0 Å². The smallest absolute Gasteiger partial charge is 0.379 e. The molecule has 0 saturated carbocycles. The van der Waals surface area contributed by atoms with Crippen molar-refractivity contribution < 1.29 is 24.3 Å². The molecule has 0 saturated heterocycles. The number of rotatable bonds is 5. The second-order valence-electron chi connectivity index (χ2n) is 4.31. The lowest BCUT2D eigenvalue weighted by Crippen LogP contribution is -2.14. The fraction of sp³-hybridized carbons (Fsp3) is 0.308. The number of aromatic nitrogens is 2. The van der Waals surface area contributed by atoms with Crippen molar-refractivity contribution in [3.8, 4) is 11.5 Å². The van der Waals surface area contributed by atoms with Crippen LogP contribution in [0.5, 0.6) is 11.5 Å². The summed E-state index contributed by atoms with van der Waals surface area (Å²) in [4.78, 5) is 15.3. The molecule has 2 rings (SSSR count). The summed E-state index contributed by atoms with van der Waals surface area (Å²) in [5.41, 5.74) is 6.58. The first kappa shape index (κ1) is 14.8. The molecule has 21 heavy (non-hydrogen) atoms. The normalized spacial score (nSPS) is 12.1. The number of carbonyl (C=O) groups excluding carboxylic acids is 1. The van der Waals surface area contributed by atoms with Crippen molar-refractivity contribution in [2.45, 2.75) is 19.4 Å². The van der Waals surface area contributed by atoms with Gasteiger partial charge in [-0.25, -0.2) is 4.79 Å². The molecule has 4 N–H and O–H groups in total. The highest BCUT2D eigenvalue weighted by atomic mass is 16.5. The minimum atomic E-state index is -0.679. The van der Waals surface area contributed by atoms with Crippen LogP contribution in [-0.4, -0.2) is 32.9 Å². The van der Waals surface area contributed by atoms with Crippen molar-refractivity contribution >= 4 is 5.97 Å². The van der Waals surface area contributed by atoms with Gasteiger partial charge in [-0.2, -0.15) is 4.98 Å². The Bertz CT molecular complexity index is 640. The van der Waals surface area contributed by atoms with Crippen LogP contribution >= 0.6 is 0 Å². The van der Waals surface area contributed by atoms with E-state index >= 15 is 0 Å². The number of benzene rings is 1. The molecule has 1 heterocycles. The van der Waals surface area contributed by atoms with E-state index in [-0.39, 0.29) is 36.2 Å². The largest absolute Gasteiger partial charge is 0.504 e. The predicted molar refractivity (Wildman–Crippen MR) is 70.7 cm³/mol. The lowest BCUT2D eigenvalue weighted by Gasteiger charge is -2.07. The van der Waals surface area contributed by atoms with Crippen molar-refractivity contribution in [2.75, 3.05) is 6.61 Å². The molecule has 8 nitrogen and oxygen atoms in total. The highest BCUT2D eigenvalue weighted by Gasteiger charge is 2.20. The summed E-state index contributed by atoms with van der Waals surface area (Å²) in [6, 6.07) is 3.70. The number of ether oxygens (including phenoxy) is 1. The molecule has 0 radical (unpaired) electrons. The number of hydrogen-bond donors (Lipinski definition) is 3. The van der Waals surface area contributed by atoms with Gasteiger partial charge in [0.2, 0.25) is 5.89 Å². The van der Waals surface area contributed by atoms with Crippen LogP contribution in [-0.2, 0) is 11.2 Å². The van der Waals surface area contributed by atoms with E-state index in [1.165, 1.54) is 12.1 Å². The topological polar surface area (TPSA) is 132 Å². The molecule has 1 aromatic heterocycles. The van der Waals surface area contributed by atoms with Crippen LogP contribution in [0, 0.1) is 0 Å². The number of hydrogen-bond acceptors (Lipinski definition) is 8. The van der Waals surface area contributed by atoms with E-state index in [0.29, 0.717) is 5.56 Å². The number of phenols is 2. The summed E-state index contributed by atoms with van der Waals surface area (Å²) < 4.78 is 9.66. The number of nitrogens with zero attached hydrogens (tertiary/aromatic N) is 2. The third-order valence-corrected chi connectivity index (χ3v) is 2.71. The number of esters is 1. The van der Waals surface area contributed by atoms with E-state index in [1.54, 1.807) is 13.0 Å². The Morgan fingerprint density at radius 1 is 1.43 bits per heavy atom. The van der Waals surface area contributed by atoms with Gasteiger partial charge in [-0.05, 0) is 36.2 Å². The van der Waals surface area contributed by atoms with E-state index in [4.69, 9.17) is 15.0 Å². The molecule has 1 aromatic carbocycles. The first-order valence-corrected chi connectivity index (χ1v) is 6.28. The van der Waals surface area contributed by atoms with Gasteiger partial charge in [0.05, 0.1) is 12.6 Å². The van der Waals surface area contributed by atoms with Gasteiger partial charge in [0, 0.05) is 0 Å². The zero-order valence-electron chi connectivity index (χ0n) is 11.3. The average Bonchev–Trinajstić information content (AvgIpc) is 2.93. The predicted octanol–water partition coefficient (Wildman–Crippen LogP) is 0.900. The highest BCUT2D eigenvalue weighted by molar-refractivity contribution is 5.84. The molecule has 1 atom stereocenters. The molecule has 112 valence electrons. The molecule has 0 bridgehead atoms. The van der Waals surface area contributed by atoms with Crippen molar-refractivity contribution in [3.05, 3.63) is 35.5 Å². The highest BCUT2D eigenvalue weighted by Crippen LogP contribution is 2.26. The maximum absolute atomic E-state index is 11.4. The summed E-state index contributed by atoms with van der Waals surface area (Å²) in [5, 5.41) is 22.2. The van der Waals surface area contributed by atoms with Crippen molar-refractivity contribution in [1.82, 2.24) is 10.1 Å².